The van der Waals surface area contributed by atoms with Gasteiger partial charge in [0.1, 0.15) is 12.4 Å². The molecule has 0 aromatic heterocycles. The van der Waals surface area contributed by atoms with E-state index in [0.717, 1.165) is 5.56 Å². The lowest BCUT2D eigenvalue weighted by Crippen LogP contribution is -2.38. The van der Waals surface area contributed by atoms with Crippen LogP contribution in [-0.2, 0) is 25.0 Å². The van der Waals surface area contributed by atoms with E-state index < -0.39 is 25.6 Å². The predicted octanol–water partition coefficient (Wildman–Crippen LogP) is 3.28. The van der Waals surface area contributed by atoms with Crippen molar-refractivity contribution in [3.05, 3.63) is 35.9 Å². The van der Waals surface area contributed by atoms with Crippen molar-refractivity contribution >= 4 is 13.7 Å². The molecular weight excluding hydrogens is 333 g/mol. The van der Waals surface area contributed by atoms with Crippen molar-refractivity contribution in [2.45, 2.75) is 45.7 Å². The third kappa shape index (κ3) is 7.01. The van der Waals surface area contributed by atoms with Gasteiger partial charge in [0.05, 0.1) is 19.3 Å². The van der Waals surface area contributed by atoms with Crippen LogP contribution >= 0.6 is 7.60 Å². The summed E-state index contributed by atoms with van der Waals surface area (Å²) in [5.41, 5.74) is 0.831. The van der Waals surface area contributed by atoms with Gasteiger partial charge >= 0.3 is 13.7 Å². The number of aliphatic hydroxyl groups is 1. The Labute approximate surface area is 142 Å². The molecule has 8 heteroatoms. The summed E-state index contributed by atoms with van der Waals surface area (Å²) in [6.07, 6.45) is -1.51. The molecule has 7 nitrogen and oxygen atoms in total. The molecule has 0 aliphatic carbocycles. The van der Waals surface area contributed by atoms with Crippen molar-refractivity contribution in [1.82, 2.24) is 5.32 Å². The summed E-state index contributed by atoms with van der Waals surface area (Å²) in [6.45, 7) is 5.30. The molecule has 0 spiro atoms. The van der Waals surface area contributed by atoms with Gasteiger partial charge in [-0.25, -0.2) is 4.79 Å². The summed E-state index contributed by atoms with van der Waals surface area (Å²) in [5, 5.41) is 12.1. The van der Waals surface area contributed by atoms with Crippen molar-refractivity contribution in [3.8, 4) is 0 Å². The summed E-state index contributed by atoms with van der Waals surface area (Å²) in [7, 11) is -3.60. The van der Waals surface area contributed by atoms with Gasteiger partial charge in [-0.3, -0.25) is 4.57 Å². The minimum atomic E-state index is -3.60. The van der Waals surface area contributed by atoms with Crippen LogP contribution in [0.3, 0.4) is 0 Å². The molecule has 0 radical (unpaired) electrons. The number of amides is 1. The number of benzene rings is 1. The van der Waals surface area contributed by atoms with E-state index in [1.54, 1.807) is 13.8 Å². The largest absolute Gasteiger partial charge is 0.445 e. The van der Waals surface area contributed by atoms with Crippen molar-refractivity contribution in [2.24, 2.45) is 0 Å². The maximum absolute atomic E-state index is 12.8. The fraction of sp³-hybridized carbons (Fsp3) is 0.562. The molecule has 1 aromatic carbocycles. The quantitative estimate of drug-likeness (QED) is 0.623. The first-order chi connectivity index (χ1) is 11.4. The molecule has 0 bridgehead atoms. The number of carbonyl (C=O) groups is 1. The number of ether oxygens (including phenoxy) is 1. The fourth-order valence-electron chi connectivity index (χ4n) is 2.07. The Balaban J connectivity index is 2.73. The van der Waals surface area contributed by atoms with Crippen LogP contribution in [0.4, 0.5) is 4.79 Å². The zero-order valence-corrected chi connectivity index (χ0v) is 15.2. The smallest absolute Gasteiger partial charge is 0.408 e. The molecule has 1 unspecified atom stereocenters. The Morgan fingerprint density at radius 1 is 1.21 bits per heavy atom. The van der Waals surface area contributed by atoms with Gasteiger partial charge in [0.25, 0.3) is 0 Å². The summed E-state index contributed by atoms with van der Waals surface area (Å²) in [6, 6.07) is 9.19. The Morgan fingerprint density at radius 2 is 1.79 bits per heavy atom. The van der Waals surface area contributed by atoms with Gasteiger partial charge in [0, 0.05) is 6.42 Å². The zero-order chi connectivity index (χ0) is 18.0. The average Bonchev–Trinajstić information content (AvgIpc) is 2.53. The van der Waals surface area contributed by atoms with Crippen LogP contribution in [0.15, 0.2) is 30.3 Å². The van der Waals surface area contributed by atoms with Crippen LogP contribution in [0, 0.1) is 0 Å². The standard InChI is InChI=1S/C16H26NO6P/c1-4-22-24(20,23-5-2)15(11-13(3)18)17-16(19)21-12-14-9-7-6-8-10-14/h6-10,13,15,18H,4-5,11-12H2,1-3H3,(H,17,19)/t13?,15-/m0/s1. The third-order valence-electron chi connectivity index (χ3n) is 3.06. The van der Waals surface area contributed by atoms with Gasteiger partial charge in [0.15, 0.2) is 0 Å². The van der Waals surface area contributed by atoms with E-state index in [-0.39, 0.29) is 26.2 Å². The Hall–Kier alpha value is -1.40. The topological polar surface area (TPSA) is 94.1 Å². The molecule has 0 heterocycles. The second-order valence-corrected chi connectivity index (χ2v) is 7.40. The maximum Gasteiger partial charge on any atom is 0.408 e. The van der Waals surface area contributed by atoms with Crippen molar-refractivity contribution in [3.63, 3.8) is 0 Å². The molecule has 136 valence electrons. The summed E-state index contributed by atoms with van der Waals surface area (Å²) < 4.78 is 28.5. The highest BCUT2D eigenvalue weighted by molar-refractivity contribution is 7.54. The lowest BCUT2D eigenvalue weighted by atomic mass is 10.2. The van der Waals surface area contributed by atoms with Crippen LogP contribution in [0.5, 0.6) is 0 Å². The average molecular weight is 359 g/mol. The number of rotatable bonds is 10. The number of alkyl carbamates (subject to hydrolysis) is 1. The fourth-order valence-corrected chi connectivity index (χ4v) is 4.05. The van der Waals surface area contributed by atoms with Crippen molar-refractivity contribution < 1.29 is 28.3 Å². The summed E-state index contributed by atoms with van der Waals surface area (Å²) in [5.74, 6) is -0.985. The van der Waals surface area contributed by atoms with Crippen molar-refractivity contribution in [1.29, 1.82) is 0 Å². The van der Waals surface area contributed by atoms with E-state index in [2.05, 4.69) is 5.32 Å². The first kappa shape index (κ1) is 20.6. The van der Waals surface area contributed by atoms with E-state index in [1.807, 2.05) is 30.3 Å². The van der Waals surface area contributed by atoms with Gasteiger partial charge in [-0.15, -0.1) is 0 Å². The normalized spacial score (nSPS) is 14.0. The molecule has 0 aliphatic heterocycles. The molecule has 0 saturated carbocycles. The number of hydrogen-bond donors (Lipinski definition) is 2. The number of carbonyl (C=O) groups excluding carboxylic acids is 1. The van der Waals surface area contributed by atoms with Crippen LogP contribution < -0.4 is 5.32 Å². The number of aliphatic hydroxyl groups excluding tert-OH is 1. The highest BCUT2D eigenvalue weighted by atomic mass is 31.2. The number of hydrogen-bond acceptors (Lipinski definition) is 6. The van der Waals surface area contributed by atoms with Gasteiger partial charge in [0.2, 0.25) is 0 Å². The molecular formula is C16H26NO6P. The van der Waals surface area contributed by atoms with E-state index in [0.29, 0.717) is 0 Å². The maximum atomic E-state index is 12.8. The second-order valence-electron chi connectivity index (χ2n) is 5.18. The van der Waals surface area contributed by atoms with Crippen LogP contribution in [0.1, 0.15) is 32.8 Å². The molecule has 1 aromatic rings. The first-order valence-corrected chi connectivity index (χ1v) is 9.56. The van der Waals surface area contributed by atoms with Gasteiger partial charge in [-0.2, -0.15) is 0 Å². The highest BCUT2D eigenvalue weighted by Gasteiger charge is 2.37. The second kappa shape index (κ2) is 10.5. The SMILES string of the molecule is CCOP(=O)(OCC)[C@@H](CC(C)O)NC(=O)OCc1ccccc1. The predicted molar refractivity (Wildman–Crippen MR) is 90.7 cm³/mol. The Bertz CT molecular complexity index is 527. The lowest BCUT2D eigenvalue weighted by molar-refractivity contribution is 0.125. The highest BCUT2D eigenvalue weighted by Crippen LogP contribution is 2.53. The third-order valence-corrected chi connectivity index (χ3v) is 5.40. The Morgan fingerprint density at radius 3 is 2.29 bits per heavy atom. The zero-order valence-electron chi connectivity index (χ0n) is 14.3. The molecule has 0 aliphatic rings. The van der Waals surface area contributed by atoms with E-state index >= 15 is 0 Å². The van der Waals surface area contributed by atoms with E-state index in [9.17, 15) is 14.5 Å². The van der Waals surface area contributed by atoms with Crippen molar-refractivity contribution in [2.75, 3.05) is 13.2 Å². The molecule has 2 N–H and O–H groups in total. The molecule has 1 rings (SSSR count). The molecule has 0 saturated heterocycles. The van der Waals surface area contributed by atoms with Crippen LogP contribution in [0.2, 0.25) is 0 Å². The lowest BCUT2D eigenvalue weighted by Gasteiger charge is -2.27. The molecule has 1 amide bonds. The molecule has 24 heavy (non-hydrogen) atoms. The van der Waals surface area contributed by atoms with Gasteiger partial charge < -0.3 is 24.2 Å². The number of nitrogens with one attached hydrogen (secondary N) is 1. The van der Waals surface area contributed by atoms with Crippen LogP contribution in [-0.4, -0.2) is 36.3 Å². The van der Waals surface area contributed by atoms with E-state index in [4.69, 9.17) is 13.8 Å². The van der Waals surface area contributed by atoms with Gasteiger partial charge in [-0.05, 0) is 26.3 Å². The van der Waals surface area contributed by atoms with Crippen LogP contribution in [0.25, 0.3) is 0 Å². The summed E-state index contributed by atoms with van der Waals surface area (Å²) >= 11 is 0. The van der Waals surface area contributed by atoms with E-state index in [1.165, 1.54) is 6.92 Å². The minimum absolute atomic E-state index is 0.0255. The Kier molecular flexibility index (Phi) is 9.00. The first-order valence-electron chi connectivity index (χ1n) is 7.95. The molecule has 2 atom stereocenters. The minimum Gasteiger partial charge on any atom is -0.445 e. The van der Waals surface area contributed by atoms with Gasteiger partial charge in [-0.1, -0.05) is 30.3 Å². The summed E-state index contributed by atoms with van der Waals surface area (Å²) in [4.78, 5) is 12.0. The molecule has 0 fully saturated rings. The monoisotopic (exact) mass is 359 g/mol.